The first-order valence-electron chi connectivity index (χ1n) is 6.96. The second kappa shape index (κ2) is 6.58. The molecular formula is C17H14FN3OS. The number of halogens is 1. The number of nitrogens with one attached hydrogen (secondary N) is 1. The summed E-state index contributed by atoms with van der Waals surface area (Å²) in [6.07, 6.45) is 3.36. The van der Waals surface area contributed by atoms with Crippen molar-refractivity contribution in [3.8, 4) is 10.4 Å². The maximum Gasteiger partial charge on any atom is 0.229 e. The van der Waals surface area contributed by atoms with Crippen molar-refractivity contribution in [1.29, 1.82) is 0 Å². The molecule has 0 bridgehead atoms. The van der Waals surface area contributed by atoms with Gasteiger partial charge >= 0.3 is 0 Å². The third-order valence-electron chi connectivity index (χ3n) is 3.29. The van der Waals surface area contributed by atoms with E-state index < -0.39 is 0 Å². The van der Waals surface area contributed by atoms with Crippen molar-refractivity contribution in [2.45, 2.75) is 6.42 Å². The summed E-state index contributed by atoms with van der Waals surface area (Å²) in [6.45, 7) is 0. The highest BCUT2D eigenvalue weighted by molar-refractivity contribution is 7.20. The standard InChI is InChI=1S/C17H14FN3OS/c18-13-4-2-1-3-12(13)9-16(22)21-17-14(19)10-15(23-17)11-5-7-20-8-6-11/h1-8,10H,9,19H2,(H,21,22). The summed E-state index contributed by atoms with van der Waals surface area (Å²) in [7, 11) is 0. The van der Waals surface area contributed by atoms with Crippen molar-refractivity contribution >= 4 is 27.9 Å². The molecule has 3 rings (SSSR count). The molecule has 0 aliphatic heterocycles. The second-order valence-electron chi connectivity index (χ2n) is 4.95. The first-order chi connectivity index (χ1) is 11.1. The molecule has 4 nitrogen and oxygen atoms in total. The van der Waals surface area contributed by atoms with Gasteiger partial charge in [0.15, 0.2) is 0 Å². The van der Waals surface area contributed by atoms with Gasteiger partial charge in [0.05, 0.1) is 12.1 Å². The maximum absolute atomic E-state index is 13.6. The van der Waals surface area contributed by atoms with E-state index in [1.54, 1.807) is 36.7 Å². The molecule has 2 aromatic heterocycles. The third-order valence-corrected chi connectivity index (χ3v) is 4.40. The van der Waals surface area contributed by atoms with E-state index in [4.69, 9.17) is 5.73 Å². The van der Waals surface area contributed by atoms with Gasteiger partial charge in [-0.05, 0) is 35.4 Å². The summed E-state index contributed by atoms with van der Waals surface area (Å²) in [4.78, 5) is 17.0. The van der Waals surface area contributed by atoms with E-state index >= 15 is 0 Å². The monoisotopic (exact) mass is 327 g/mol. The van der Waals surface area contributed by atoms with E-state index in [1.165, 1.54) is 17.4 Å². The van der Waals surface area contributed by atoms with E-state index in [-0.39, 0.29) is 18.1 Å². The average Bonchev–Trinajstić information content (AvgIpc) is 2.91. The molecule has 0 saturated carbocycles. The number of rotatable bonds is 4. The SMILES string of the molecule is Nc1cc(-c2ccncc2)sc1NC(=O)Cc1ccccc1F. The van der Waals surface area contributed by atoms with E-state index in [0.717, 1.165) is 10.4 Å². The van der Waals surface area contributed by atoms with Gasteiger partial charge in [-0.15, -0.1) is 11.3 Å². The van der Waals surface area contributed by atoms with Gasteiger partial charge in [-0.1, -0.05) is 18.2 Å². The zero-order valence-corrected chi connectivity index (χ0v) is 12.9. The van der Waals surface area contributed by atoms with Gasteiger partial charge < -0.3 is 11.1 Å². The smallest absolute Gasteiger partial charge is 0.229 e. The topological polar surface area (TPSA) is 68.0 Å². The number of hydrogen-bond acceptors (Lipinski definition) is 4. The Bertz CT molecular complexity index is 833. The molecule has 0 fully saturated rings. The third kappa shape index (κ3) is 3.54. The zero-order chi connectivity index (χ0) is 16.2. The first-order valence-corrected chi connectivity index (χ1v) is 7.78. The Morgan fingerprint density at radius 2 is 1.96 bits per heavy atom. The zero-order valence-electron chi connectivity index (χ0n) is 12.1. The van der Waals surface area contributed by atoms with Gasteiger partial charge in [-0.3, -0.25) is 9.78 Å². The van der Waals surface area contributed by atoms with Crippen molar-refractivity contribution in [1.82, 2.24) is 4.98 Å². The lowest BCUT2D eigenvalue weighted by Crippen LogP contribution is -2.15. The number of pyridine rings is 1. The fourth-order valence-corrected chi connectivity index (χ4v) is 3.15. The average molecular weight is 327 g/mol. The van der Waals surface area contributed by atoms with Crippen LogP contribution in [-0.4, -0.2) is 10.9 Å². The van der Waals surface area contributed by atoms with Crippen LogP contribution in [0.5, 0.6) is 0 Å². The molecule has 2 heterocycles. The number of nitrogens with zero attached hydrogens (tertiary/aromatic N) is 1. The van der Waals surface area contributed by atoms with Crippen LogP contribution in [0.1, 0.15) is 5.56 Å². The molecule has 3 N–H and O–H groups in total. The molecule has 116 valence electrons. The lowest BCUT2D eigenvalue weighted by atomic mass is 10.1. The molecule has 0 aliphatic rings. The van der Waals surface area contributed by atoms with Crippen LogP contribution in [-0.2, 0) is 11.2 Å². The van der Waals surface area contributed by atoms with Crippen molar-refractivity contribution < 1.29 is 9.18 Å². The van der Waals surface area contributed by atoms with E-state index in [1.807, 2.05) is 12.1 Å². The number of hydrogen-bond donors (Lipinski definition) is 2. The van der Waals surface area contributed by atoms with Gasteiger partial charge in [0.2, 0.25) is 5.91 Å². The van der Waals surface area contributed by atoms with Crippen LogP contribution in [0.15, 0.2) is 54.9 Å². The summed E-state index contributed by atoms with van der Waals surface area (Å²) in [5, 5.41) is 3.32. The highest BCUT2D eigenvalue weighted by Gasteiger charge is 2.13. The second-order valence-corrected chi connectivity index (χ2v) is 6.00. The predicted molar refractivity (Wildman–Crippen MR) is 90.7 cm³/mol. The van der Waals surface area contributed by atoms with Crippen LogP contribution >= 0.6 is 11.3 Å². The molecule has 0 saturated heterocycles. The molecule has 0 unspecified atom stereocenters. The molecule has 0 aliphatic carbocycles. The Kier molecular flexibility index (Phi) is 4.34. The summed E-state index contributed by atoms with van der Waals surface area (Å²) in [5.74, 6) is -0.691. The number of amides is 1. The van der Waals surface area contributed by atoms with Gasteiger partial charge in [0.25, 0.3) is 0 Å². The lowest BCUT2D eigenvalue weighted by molar-refractivity contribution is -0.115. The minimum atomic E-state index is -0.390. The van der Waals surface area contributed by atoms with E-state index in [9.17, 15) is 9.18 Å². The molecule has 0 atom stereocenters. The number of benzene rings is 1. The van der Waals surface area contributed by atoms with Crippen LogP contribution < -0.4 is 11.1 Å². The van der Waals surface area contributed by atoms with E-state index in [0.29, 0.717) is 16.3 Å². The normalized spacial score (nSPS) is 10.5. The number of aromatic nitrogens is 1. The number of anilines is 2. The Morgan fingerprint density at radius 1 is 1.22 bits per heavy atom. The van der Waals surface area contributed by atoms with Gasteiger partial charge in [0, 0.05) is 17.3 Å². The molecular weight excluding hydrogens is 313 g/mol. The number of carbonyl (C=O) groups excluding carboxylic acids is 1. The molecule has 6 heteroatoms. The number of nitrogen functional groups attached to an aromatic ring is 1. The van der Waals surface area contributed by atoms with Crippen molar-refractivity contribution in [3.63, 3.8) is 0 Å². The summed E-state index contributed by atoms with van der Waals surface area (Å²) < 4.78 is 13.6. The Labute approximate surface area is 136 Å². The maximum atomic E-state index is 13.6. The largest absolute Gasteiger partial charge is 0.396 e. The van der Waals surface area contributed by atoms with Crippen LogP contribution in [0.2, 0.25) is 0 Å². The number of carbonyl (C=O) groups is 1. The molecule has 3 aromatic rings. The summed E-state index contributed by atoms with van der Waals surface area (Å²) in [6, 6.07) is 11.8. The molecule has 0 spiro atoms. The minimum Gasteiger partial charge on any atom is -0.396 e. The van der Waals surface area contributed by atoms with Crippen LogP contribution in [0, 0.1) is 5.82 Å². The molecule has 23 heavy (non-hydrogen) atoms. The Morgan fingerprint density at radius 3 is 2.70 bits per heavy atom. The lowest BCUT2D eigenvalue weighted by Gasteiger charge is -2.05. The summed E-state index contributed by atoms with van der Waals surface area (Å²) >= 11 is 1.38. The van der Waals surface area contributed by atoms with Crippen molar-refractivity contribution in [3.05, 3.63) is 66.2 Å². The quantitative estimate of drug-likeness (QED) is 0.767. The van der Waals surface area contributed by atoms with E-state index in [2.05, 4.69) is 10.3 Å². The van der Waals surface area contributed by atoms with Gasteiger partial charge in [-0.25, -0.2) is 4.39 Å². The van der Waals surface area contributed by atoms with Crippen LogP contribution in [0.3, 0.4) is 0 Å². The highest BCUT2D eigenvalue weighted by Crippen LogP contribution is 2.37. The molecule has 1 aromatic carbocycles. The fraction of sp³-hybridized carbons (Fsp3) is 0.0588. The predicted octanol–water partition coefficient (Wildman–Crippen LogP) is 3.71. The Balaban J connectivity index is 1.74. The fourth-order valence-electron chi connectivity index (χ4n) is 2.15. The first kappa shape index (κ1) is 15.2. The van der Waals surface area contributed by atoms with Crippen LogP contribution in [0.25, 0.3) is 10.4 Å². The Hall–Kier alpha value is -2.73. The number of thiophene rings is 1. The van der Waals surface area contributed by atoms with Gasteiger partial charge in [0.1, 0.15) is 10.8 Å². The van der Waals surface area contributed by atoms with Crippen molar-refractivity contribution in [2.24, 2.45) is 0 Å². The summed E-state index contributed by atoms with van der Waals surface area (Å²) in [5.41, 5.74) is 7.78. The van der Waals surface area contributed by atoms with Crippen LogP contribution in [0.4, 0.5) is 15.1 Å². The number of nitrogens with two attached hydrogens (primary N) is 1. The highest BCUT2D eigenvalue weighted by atomic mass is 32.1. The van der Waals surface area contributed by atoms with Crippen molar-refractivity contribution in [2.75, 3.05) is 11.1 Å². The van der Waals surface area contributed by atoms with Gasteiger partial charge in [-0.2, -0.15) is 0 Å². The molecule has 0 radical (unpaired) electrons. The minimum absolute atomic E-state index is 0.0331. The molecule has 1 amide bonds.